The number of carbonyl (C=O) groups excluding carboxylic acids is 1. The zero-order chi connectivity index (χ0) is 20.9. The Labute approximate surface area is 169 Å². The van der Waals surface area contributed by atoms with Gasteiger partial charge in [-0.05, 0) is 24.6 Å². The van der Waals surface area contributed by atoms with Gasteiger partial charge in [0.1, 0.15) is 0 Å². The van der Waals surface area contributed by atoms with Crippen molar-refractivity contribution in [2.24, 2.45) is 0 Å². The molecule has 0 aliphatic rings. The molecule has 146 valence electrons. The SMILES string of the molecule is Cc1ccc(S(=O)(=O)NC(C(=[N+]=[N-])C(=O)c2ccccc2)c2ccccc2)cc1. The van der Waals surface area contributed by atoms with Gasteiger partial charge in [0.2, 0.25) is 10.0 Å². The Bertz CT molecular complexity index is 1150. The van der Waals surface area contributed by atoms with Gasteiger partial charge >= 0.3 is 5.71 Å². The molecule has 0 fully saturated rings. The molecule has 29 heavy (non-hydrogen) atoms. The van der Waals surface area contributed by atoms with Gasteiger partial charge in [-0.25, -0.2) is 8.42 Å². The summed E-state index contributed by atoms with van der Waals surface area (Å²) in [6.07, 6.45) is 0. The van der Waals surface area contributed by atoms with Crippen molar-refractivity contribution in [1.29, 1.82) is 0 Å². The van der Waals surface area contributed by atoms with Gasteiger partial charge in [0.05, 0.1) is 4.90 Å². The minimum Gasteiger partial charge on any atom is -0.361 e. The molecule has 0 amide bonds. The van der Waals surface area contributed by atoms with Crippen LogP contribution >= 0.6 is 0 Å². The average Bonchev–Trinajstić information content (AvgIpc) is 2.75. The third-order valence-corrected chi connectivity index (χ3v) is 5.83. The van der Waals surface area contributed by atoms with Crippen LogP contribution in [0.15, 0.2) is 89.8 Å². The summed E-state index contributed by atoms with van der Waals surface area (Å²) in [6.45, 7) is 1.85. The molecule has 0 aliphatic carbocycles. The summed E-state index contributed by atoms with van der Waals surface area (Å²) in [4.78, 5) is 16.2. The van der Waals surface area contributed by atoms with Crippen LogP contribution in [0.2, 0.25) is 0 Å². The van der Waals surface area contributed by atoms with Gasteiger partial charge in [0, 0.05) is 5.56 Å². The van der Waals surface area contributed by atoms with E-state index in [9.17, 15) is 18.7 Å². The third kappa shape index (κ3) is 4.73. The molecule has 0 radical (unpaired) electrons. The summed E-state index contributed by atoms with van der Waals surface area (Å²) in [7, 11) is -3.99. The number of benzene rings is 3. The third-order valence-electron chi connectivity index (χ3n) is 4.39. The maximum absolute atomic E-state index is 12.9. The number of Topliss-reactive ketones (excluding diaryl/α,β-unsaturated/α-hetero) is 1. The molecule has 3 aromatic carbocycles. The number of hydrogen-bond acceptors (Lipinski definition) is 3. The molecular weight excluding hydrogens is 386 g/mol. The van der Waals surface area contributed by atoms with Crippen LogP contribution in [0.3, 0.4) is 0 Å². The van der Waals surface area contributed by atoms with Gasteiger partial charge in [0.15, 0.2) is 6.04 Å². The summed E-state index contributed by atoms with van der Waals surface area (Å²) in [6, 6.07) is 21.9. The number of hydrogen-bond donors (Lipinski definition) is 1. The Balaban J connectivity index is 2.04. The zero-order valence-corrected chi connectivity index (χ0v) is 16.5. The van der Waals surface area contributed by atoms with Gasteiger partial charge < -0.3 is 5.53 Å². The molecule has 0 aromatic heterocycles. The van der Waals surface area contributed by atoms with Crippen LogP contribution in [-0.4, -0.2) is 24.7 Å². The van der Waals surface area contributed by atoms with E-state index in [0.29, 0.717) is 5.56 Å². The standard InChI is InChI=1S/C22H19N3O3S/c1-16-12-14-19(15-13-16)29(27,28)25-20(17-8-4-2-5-9-17)21(24-23)22(26)18-10-6-3-7-11-18/h2-15,20,25H,1H3. The van der Waals surface area contributed by atoms with Gasteiger partial charge in [-0.15, -0.1) is 0 Å². The molecule has 7 heteroatoms. The van der Waals surface area contributed by atoms with Crippen molar-refractivity contribution in [3.63, 3.8) is 0 Å². The first-order chi connectivity index (χ1) is 13.9. The fourth-order valence-corrected chi connectivity index (χ4v) is 4.03. The van der Waals surface area contributed by atoms with E-state index in [1.54, 1.807) is 72.8 Å². The highest BCUT2D eigenvalue weighted by atomic mass is 32.2. The first-order valence-electron chi connectivity index (χ1n) is 8.88. The van der Waals surface area contributed by atoms with Gasteiger partial charge in [0.25, 0.3) is 5.78 Å². The first kappa shape index (κ1) is 20.4. The molecule has 0 saturated heterocycles. The highest BCUT2D eigenvalue weighted by Gasteiger charge is 2.36. The number of ketones is 1. The van der Waals surface area contributed by atoms with E-state index in [-0.39, 0.29) is 16.2 Å². The monoisotopic (exact) mass is 405 g/mol. The summed E-state index contributed by atoms with van der Waals surface area (Å²) >= 11 is 0. The molecule has 3 rings (SSSR count). The highest BCUT2D eigenvalue weighted by molar-refractivity contribution is 7.89. The second kappa shape index (κ2) is 8.75. The predicted molar refractivity (Wildman–Crippen MR) is 110 cm³/mol. The van der Waals surface area contributed by atoms with Gasteiger partial charge in [-0.1, -0.05) is 78.4 Å². The van der Waals surface area contributed by atoms with Crippen molar-refractivity contribution in [2.75, 3.05) is 0 Å². The lowest BCUT2D eigenvalue weighted by atomic mass is 9.96. The summed E-state index contributed by atoms with van der Waals surface area (Å²) in [5.41, 5.74) is 11.0. The van der Waals surface area contributed by atoms with Crippen molar-refractivity contribution in [1.82, 2.24) is 4.72 Å². The number of rotatable bonds is 7. The van der Waals surface area contributed by atoms with Crippen LogP contribution in [0.1, 0.15) is 27.5 Å². The van der Waals surface area contributed by atoms with Gasteiger partial charge in [-0.2, -0.15) is 9.51 Å². The molecule has 0 aliphatic heterocycles. The Morgan fingerprint density at radius 3 is 2.00 bits per heavy atom. The fraction of sp³-hybridized carbons (Fsp3) is 0.0909. The van der Waals surface area contributed by atoms with Gasteiger partial charge in [-0.3, -0.25) is 4.79 Å². The van der Waals surface area contributed by atoms with Crippen molar-refractivity contribution >= 4 is 21.5 Å². The molecule has 1 unspecified atom stereocenters. The fourth-order valence-electron chi connectivity index (χ4n) is 2.84. The van der Waals surface area contributed by atoms with E-state index < -0.39 is 21.8 Å². The van der Waals surface area contributed by atoms with Crippen LogP contribution in [0, 0.1) is 6.92 Å². The van der Waals surface area contributed by atoms with Crippen molar-refractivity contribution in [2.45, 2.75) is 17.9 Å². The van der Waals surface area contributed by atoms with Crippen LogP contribution < -0.4 is 4.72 Å². The van der Waals surface area contributed by atoms with Crippen LogP contribution in [0.5, 0.6) is 0 Å². The number of carbonyl (C=O) groups is 1. The number of nitrogens with zero attached hydrogens (tertiary/aromatic N) is 2. The Morgan fingerprint density at radius 1 is 0.897 bits per heavy atom. The lowest BCUT2D eigenvalue weighted by Crippen LogP contribution is -2.38. The van der Waals surface area contributed by atoms with Crippen molar-refractivity contribution < 1.29 is 18.0 Å². The molecular formula is C22H19N3O3S. The maximum Gasteiger partial charge on any atom is 0.361 e. The molecule has 0 bridgehead atoms. The lowest BCUT2D eigenvalue weighted by molar-refractivity contribution is -0.0111. The van der Waals surface area contributed by atoms with Crippen molar-refractivity contribution in [3.05, 3.63) is 107 Å². The number of nitrogens with one attached hydrogen (secondary N) is 1. The zero-order valence-electron chi connectivity index (χ0n) is 15.7. The number of sulfonamides is 1. The van der Waals surface area contributed by atoms with E-state index in [1.165, 1.54) is 12.1 Å². The second-order valence-electron chi connectivity index (χ2n) is 6.46. The molecule has 3 aromatic rings. The van der Waals surface area contributed by atoms with E-state index >= 15 is 0 Å². The number of aryl methyl sites for hydroxylation is 1. The van der Waals surface area contributed by atoms with E-state index in [2.05, 4.69) is 9.51 Å². The minimum atomic E-state index is -3.99. The molecule has 0 spiro atoms. The van der Waals surface area contributed by atoms with E-state index in [0.717, 1.165) is 5.56 Å². The quantitative estimate of drug-likeness (QED) is 0.281. The second-order valence-corrected chi connectivity index (χ2v) is 8.17. The smallest absolute Gasteiger partial charge is 0.361 e. The van der Waals surface area contributed by atoms with Crippen LogP contribution in [0.25, 0.3) is 5.53 Å². The Hall–Kier alpha value is -3.38. The largest absolute Gasteiger partial charge is 0.361 e. The normalized spacial score (nSPS) is 12.0. The molecule has 1 atom stereocenters. The average molecular weight is 405 g/mol. The highest BCUT2D eigenvalue weighted by Crippen LogP contribution is 2.20. The topological polar surface area (TPSA) is 99.6 Å². The minimum absolute atomic E-state index is 0.0495. The van der Waals surface area contributed by atoms with Crippen LogP contribution in [0.4, 0.5) is 0 Å². The first-order valence-corrected chi connectivity index (χ1v) is 10.4. The molecule has 0 heterocycles. The molecule has 1 N–H and O–H groups in total. The van der Waals surface area contributed by atoms with E-state index in [1.807, 2.05) is 6.92 Å². The summed E-state index contributed by atoms with van der Waals surface area (Å²) in [5.74, 6) is -0.575. The van der Waals surface area contributed by atoms with Crippen LogP contribution in [-0.2, 0) is 10.0 Å². The Kier molecular flexibility index (Phi) is 6.14. The maximum atomic E-state index is 12.9. The predicted octanol–water partition coefficient (Wildman–Crippen LogP) is 3.57. The van der Waals surface area contributed by atoms with E-state index in [4.69, 9.17) is 0 Å². The summed E-state index contributed by atoms with van der Waals surface area (Å²) in [5, 5.41) is 0. The molecule has 0 saturated carbocycles. The van der Waals surface area contributed by atoms with Crippen molar-refractivity contribution in [3.8, 4) is 0 Å². The lowest BCUT2D eigenvalue weighted by Gasteiger charge is -2.15. The summed E-state index contributed by atoms with van der Waals surface area (Å²) < 4.78 is 28.4. The Morgan fingerprint density at radius 2 is 1.45 bits per heavy atom. The molecule has 6 nitrogen and oxygen atoms in total.